The van der Waals surface area contributed by atoms with Crippen LogP contribution in [0, 0.1) is 5.92 Å². The maximum absolute atomic E-state index is 8.68. The van der Waals surface area contributed by atoms with E-state index in [1.165, 1.54) is 63.4 Å². The van der Waals surface area contributed by atoms with Crippen LogP contribution in [0.1, 0.15) is 85.0 Å². The van der Waals surface area contributed by atoms with Crippen molar-refractivity contribution < 1.29 is 9.84 Å². The fourth-order valence-electron chi connectivity index (χ4n) is 2.39. The van der Waals surface area contributed by atoms with Gasteiger partial charge in [0.25, 0.3) is 0 Å². The zero-order valence-electron chi connectivity index (χ0n) is 14.7. The fraction of sp³-hybridized carbons (Fsp3) is 0.895. The van der Waals surface area contributed by atoms with Crippen LogP contribution in [-0.4, -0.2) is 24.9 Å². The Morgan fingerprint density at radius 1 is 0.905 bits per heavy atom. The molecular formula is C19H38O2. The van der Waals surface area contributed by atoms with Crippen LogP contribution in [0.4, 0.5) is 0 Å². The molecule has 0 spiro atoms. The van der Waals surface area contributed by atoms with Crippen LogP contribution in [-0.2, 0) is 4.74 Å². The SMILES string of the molecule is CC(C)=CCCC(C)CCOCCCCCCCCCO. The van der Waals surface area contributed by atoms with Crippen molar-refractivity contribution in [2.24, 2.45) is 5.92 Å². The fourth-order valence-corrected chi connectivity index (χ4v) is 2.39. The Hall–Kier alpha value is -0.340. The highest BCUT2D eigenvalue weighted by atomic mass is 16.5. The maximum Gasteiger partial charge on any atom is 0.0468 e. The number of hydrogen-bond donors (Lipinski definition) is 1. The minimum Gasteiger partial charge on any atom is -0.396 e. The average molecular weight is 299 g/mol. The molecule has 0 aliphatic carbocycles. The molecule has 0 aliphatic rings. The van der Waals surface area contributed by atoms with Crippen LogP contribution in [0.3, 0.4) is 0 Å². The van der Waals surface area contributed by atoms with E-state index in [-0.39, 0.29) is 0 Å². The number of aliphatic hydroxyl groups is 1. The van der Waals surface area contributed by atoms with Crippen LogP contribution in [0.5, 0.6) is 0 Å². The van der Waals surface area contributed by atoms with Gasteiger partial charge in [0.2, 0.25) is 0 Å². The number of hydrogen-bond acceptors (Lipinski definition) is 2. The summed E-state index contributed by atoms with van der Waals surface area (Å²) in [5.74, 6) is 0.770. The number of allylic oxidation sites excluding steroid dienone is 2. The molecular weight excluding hydrogens is 260 g/mol. The molecule has 1 N–H and O–H groups in total. The van der Waals surface area contributed by atoms with Crippen LogP contribution < -0.4 is 0 Å². The molecule has 2 heteroatoms. The van der Waals surface area contributed by atoms with Gasteiger partial charge in [-0.15, -0.1) is 0 Å². The number of aliphatic hydroxyl groups excluding tert-OH is 1. The third-order valence-electron chi connectivity index (χ3n) is 3.91. The molecule has 0 bridgehead atoms. The molecule has 1 unspecified atom stereocenters. The molecule has 0 aliphatic heterocycles. The van der Waals surface area contributed by atoms with Gasteiger partial charge >= 0.3 is 0 Å². The molecule has 2 nitrogen and oxygen atoms in total. The van der Waals surface area contributed by atoms with Gasteiger partial charge in [0.15, 0.2) is 0 Å². The van der Waals surface area contributed by atoms with Gasteiger partial charge in [-0.3, -0.25) is 0 Å². The summed E-state index contributed by atoms with van der Waals surface area (Å²) in [4.78, 5) is 0. The summed E-state index contributed by atoms with van der Waals surface area (Å²) >= 11 is 0. The summed E-state index contributed by atoms with van der Waals surface area (Å²) in [7, 11) is 0. The molecule has 0 aromatic carbocycles. The van der Waals surface area contributed by atoms with Crippen LogP contribution in [0.15, 0.2) is 11.6 Å². The molecule has 0 saturated carbocycles. The van der Waals surface area contributed by atoms with E-state index in [1.54, 1.807) is 0 Å². The van der Waals surface area contributed by atoms with E-state index in [9.17, 15) is 0 Å². The molecule has 0 radical (unpaired) electrons. The van der Waals surface area contributed by atoms with Crippen molar-refractivity contribution in [3.05, 3.63) is 11.6 Å². The Kier molecular flexibility index (Phi) is 15.8. The van der Waals surface area contributed by atoms with Crippen molar-refractivity contribution >= 4 is 0 Å². The van der Waals surface area contributed by atoms with Crippen LogP contribution in [0.2, 0.25) is 0 Å². The van der Waals surface area contributed by atoms with E-state index in [4.69, 9.17) is 9.84 Å². The lowest BCUT2D eigenvalue weighted by Gasteiger charge is -2.10. The zero-order chi connectivity index (χ0) is 15.8. The standard InChI is InChI=1S/C19H38O2/c1-18(2)12-11-13-19(3)14-17-21-16-10-8-6-4-5-7-9-15-20/h12,19-20H,4-11,13-17H2,1-3H3. The van der Waals surface area contributed by atoms with Crippen molar-refractivity contribution in [3.8, 4) is 0 Å². The predicted octanol–water partition coefficient (Wildman–Crippen LogP) is 5.50. The molecule has 0 fully saturated rings. The average Bonchev–Trinajstić information content (AvgIpc) is 2.44. The van der Waals surface area contributed by atoms with Crippen molar-refractivity contribution in [3.63, 3.8) is 0 Å². The Morgan fingerprint density at radius 2 is 1.52 bits per heavy atom. The van der Waals surface area contributed by atoms with E-state index in [2.05, 4.69) is 26.8 Å². The van der Waals surface area contributed by atoms with Gasteiger partial charge in [-0.1, -0.05) is 50.7 Å². The second-order valence-electron chi connectivity index (χ2n) is 6.56. The molecule has 0 rings (SSSR count). The maximum atomic E-state index is 8.68. The van der Waals surface area contributed by atoms with Gasteiger partial charge in [-0.2, -0.15) is 0 Å². The molecule has 0 saturated heterocycles. The quantitative estimate of drug-likeness (QED) is 0.319. The number of rotatable bonds is 15. The Morgan fingerprint density at radius 3 is 2.14 bits per heavy atom. The number of ether oxygens (including phenoxy) is 1. The van der Waals surface area contributed by atoms with Gasteiger partial charge in [-0.25, -0.2) is 0 Å². The first-order valence-electron chi connectivity index (χ1n) is 8.98. The summed E-state index contributed by atoms with van der Waals surface area (Å²) in [5.41, 5.74) is 1.43. The van der Waals surface area contributed by atoms with Gasteiger partial charge in [0.05, 0.1) is 0 Å². The lowest BCUT2D eigenvalue weighted by molar-refractivity contribution is 0.117. The molecule has 126 valence electrons. The normalized spacial score (nSPS) is 12.4. The summed E-state index contributed by atoms with van der Waals surface area (Å²) in [6.45, 7) is 8.86. The first-order valence-corrected chi connectivity index (χ1v) is 8.98. The Balaban J connectivity index is 3.16. The zero-order valence-corrected chi connectivity index (χ0v) is 14.7. The highest BCUT2D eigenvalue weighted by molar-refractivity contribution is 4.92. The minimum atomic E-state index is 0.348. The smallest absolute Gasteiger partial charge is 0.0468 e. The Labute approximate surface area is 133 Å². The molecule has 0 amide bonds. The van der Waals surface area contributed by atoms with Gasteiger partial charge < -0.3 is 9.84 Å². The van der Waals surface area contributed by atoms with Crippen molar-refractivity contribution in [1.29, 1.82) is 0 Å². The first-order chi connectivity index (χ1) is 10.2. The number of unbranched alkanes of at least 4 members (excludes halogenated alkanes) is 6. The lowest BCUT2D eigenvalue weighted by atomic mass is 10.0. The van der Waals surface area contributed by atoms with Gasteiger partial charge in [-0.05, 0) is 51.9 Å². The highest BCUT2D eigenvalue weighted by Crippen LogP contribution is 2.12. The summed E-state index contributed by atoms with van der Waals surface area (Å²) in [5, 5.41) is 8.68. The molecule has 0 aromatic rings. The molecule has 21 heavy (non-hydrogen) atoms. The summed E-state index contributed by atoms with van der Waals surface area (Å²) < 4.78 is 5.73. The third kappa shape index (κ3) is 17.6. The van der Waals surface area contributed by atoms with Crippen molar-refractivity contribution in [2.75, 3.05) is 19.8 Å². The third-order valence-corrected chi connectivity index (χ3v) is 3.91. The Bertz CT molecular complexity index is 232. The van der Waals surface area contributed by atoms with E-state index < -0.39 is 0 Å². The topological polar surface area (TPSA) is 29.5 Å². The predicted molar refractivity (Wildman–Crippen MR) is 92.7 cm³/mol. The monoisotopic (exact) mass is 298 g/mol. The van der Waals surface area contributed by atoms with Gasteiger partial charge in [0.1, 0.15) is 0 Å². The van der Waals surface area contributed by atoms with E-state index in [1.807, 2.05) is 0 Å². The molecule has 1 atom stereocenters. The van der Waals surface area contributed by atoms with Crippen molar-refractivity contribution in [1.82, 2.24) is 0 Å². The van der Waals surface area contributed by atoms with Crippen LogP contribution >= 0.6 is 0 Å². The summed E-state index contributed by atoms with van der Waals surface area (Å²) in [6, 6.07) is 0. The van der Waals surface area contributed by atoms with Gasteiger partial charge in [0, 0.05) is 19.8 Å². The van der Waals surface area contributed by atoms with E-state index in [0.717, 1.165) is 25.6 Å². The largest absolute Gasteiger partial charge is 0.396 e. The molecule has 0 aromatic heterocycles. The first kappa shape index (κ1) is 20.7. The van der Waals surface area contributed by atoms with Crippen molar-refractivity contribution in [2.45, 2.75) is 85.0 Å². The molecule has 0 heterocycles. The summed E-state index contributed by atoms with van der Waals surface area (Å²) in [6.07, 6.45) is 14.5. The second kappa shape index (κ2) is 16.0. The lowest BCUT2D eigenvalue weighted by Crippen LogP contribution is -2.03. The van der Waals surface area contributed by atoms with E-state index in [0.29, 0.717) is 6.61 Å². The second-order valence-corrected chi connectivity index (χ2v) is 6.56. The van der Waals surface area contributed by atoms with E-state index >= 15 is 0 Å². The minimum absolute atomic E-state index is 0.348. The van der Waals surface area contributed by atoms with Crippen LogP contribution in [0.25, 0.3) is 0 Å². The highest BCUT2D eigenvalue weighted by Gasteiger charge is 2.01.